The molecule has 0 bridgehead atoms. The Morgan fingerprint density at radius 1 is 1.45 bits per heavy atom. The topological polar surface area (TPSA) is 12.0 Å². The second kappa shape index (κ2) is 2.82. The van der Waals surface area contributed by atoms with E-state index < -0.39 is 0 Å². The van der Waals surface area contributed by atoms with Gasteiger partial charge in [-0.25, -0.2) is 0 Å². The first kappa shape index (κ1) is 7.10. The molecule has 0 amide bonds. The van der Waals surface area contributed by atoms with E-state index in [0.29, 0.717) is 6.13 Å². The molecule has 56 valence electrons. The Kier molecular flexibility index (Phi) is 1.82. The summed E-state index contributed by atoms with van der Waals surface area (Å²) in [6.45, 7) is 2.20. The highest BCUT2D eigenvalue weighted by Crippen LogP contribution is 2.36. The van der Waals surface area contributed by atoms with Crippen molar-refractivity contribution < 1.29 is 0 Å². The smallest absolute Gasteiger partial charge is 0.325 e. The monoisotopic (exact) mass is 163 g/mol. The van der Waals surface area contributed by atoms with E-state index >= 15 is 0 Å². The van der Waals surface area contributed by atoms with Crippen LogP contribution in [0.2, 0.25) is 6.32 Å². The summed E-state index contributed by atoms with van der Waals surface area (Å²) in [5, 5.41) is 3.45. The van der Waals surface area contributed by atoms with Crippen LogP contribution in [0.1, 0.15) is 6.92 Å². The third kappa shape index (κ3) is 1.25. The van der Waals surface area contributed by atoms with Crippen LogP contribution in [0.5, 0.6) is 0 Å². The molecule has 0 spiro atoms. The highest BCUT2D eigenvalue weighted by molar-refractivity contribution is 8.26. The van der Waals surface area contributed by atoms with Gasteiger partial charge >= 0.3 is 6.13 Å². The van der Waals surface area contributed by atoms with Gasteiger partial charge in [-0.3, -0.25) is 0 Å². The van der Waals surface area contributed by atoms with Crippen molar-refractivity contribution in [1.82, 2.24) is 0 Å². The van der Waals surface area contributed by atoms with E-state index in [2.05, 4.69) is 36.4 Å². The van der Waals surface area contributed by atoms with Crippen molar-refractivity contribution in [3.63, 3.8) is 0 Å². The second-order valence-electron chi connectivity index (χ2n) is 2.66. The summed E-state index contributed by atoms with van der Waals surface area (Å²) in [7, 11) is 0. The standard InChI is InChI=1S/C8H10BNS/c1-2-9-10-7-5-3-4-6-8(7)11-9/h3-6,10H,2H2,1H3. The number of benzene rings is 1. The Labute approximate surface area is 71.6 Å². The number of fused-ring (bicyclic) bond motifs is 1. The molecule has 0 atom stereocenters. The molecule has 0 fully saturated rings. The zero-order valence-corrected chi connectivity index (χ0v) is 7.32. The molecule has 0 saturated heterocycles. The van der Waals surface area contributed by atoms with Gasteiger partial charge in [0.2, 0.25) is 0 Å². The molecule has 0 saturated carbocycles. The Morgan fingerprint density at radius 3 is 3.00 bits per heavy atom. The molecule has 1 N–H and O–H groups in total. The molecule has 1 aromatic rings. The quantitative estimate of drug-likeness (QED) is 0.638. The lowest BCUT2D eigenvalue weighted by atomic mass is 9.88. The maximum atomic E-state index is 3.45. The van der Waals surface area contributed by atoms with E-state index in [1.165, 1.54) is 16.9 Å². The third-order valence-corrected chi connectivity index (χ3v) is 3.19. The van der Waals surface area contributed by atoms with E-state index in [9.17, 15) is 0 Å². The van der Waals surface area contributed by atoms with Crippen LogP contribution in [-0.2, 0) is 0 Å². The molecule has 1 aliphatic heterocycles. The van der Waals surface area contributed by atoms with E-state index in [1.807, 2.05) is 11.6 Å². The molecule has 0 aromatic heterocycles. The summed E-state index contributed by atoms with van der Waals surface area (Å²) in [6.07, 6.45) is 1.77. The Bertz CT molecular complexity index is 239. The predicted molar refractivity (Wildman–Crippen MR) is 52.2 cm³/mol. The average Bonchev–Trinajstić information content (AvgIpc) is 2.46. The fourth-order valence-electron chi connectivity index (χ4n) is 1.23. The van der Waals surface area contributed by atoms with Gasteiger partial charge in [-0.05, 0) is 18.5 Å². The highest BCUT2D eigenvalue weighted by Gasteiger charge is 2.22. The minimum absolute atomic E-state index is 0.590. The van der Waals surface area contributed by atoms with Gasteiger partial charge in [0.25, 0.3) is 0 Å². The largest absolute Gasteiger partial charge is 0.418 e. The molecular weight excluding hydrogens is 153 g/mol. The number of rotatable bonds is 1. The number of anilines is 1. The van der Waals surface area contributed by atoms with Crippen LogP contribution < -0.4 is 5.23 Å². The predicted octanol–water partition coefficient (Wildman–Crippen LogP) is 2.71. The Hall–Kier alpha value is -0.565. The number of hydrogen-bond acceptors (Lipinski definition) is 2. The summed E-state index contributed by atoms with van der Waals surface area (Å²) in [4.78, 5) is 1.39. The zero-order valence-electron chi connectivity index (χ0n) is 6.50. The first-order valence-corrected chi connectivity index (χ1v) is 4.80. The van der Waals surface area contributed by atoms with Crippen LogP contribution in [0, 0.1) is 0 Å². The first-order chi connectivity index (χ1) is 5.40. The van der Waals surface area contributed by atoms with E-state index in [4.69, 9.17) is 0 Å². The van der Waals surface area contributed by atoms with Crippen LogP contribution in [0.3, 0.4) is 0 Å². The maximum absolute atomic E-state index is 3.45. The molecule has 1 aliphatic rings. The van der Waals surface area contributed by atoms with E-state index in [-0.39, 0.29) is 0 Å². The number of para-hydroxylation sites is 1. The fraction of sp³-hybridized carbons (Fsp3) is 0.250. The Balaban J connectivity index is 2.27. The number of hydrogen-bond donors (Lipinski definition) is 1. The van der Waals surface area contributed by atoms with Crippen LogP contribution in [0.4, 0.5) is 5.69 Å². The molecule has 11 heavy (non-hydrogen) atoms. The van der Waals surface area contributed by atoms with Crippen molar-refractivity contribution in [2.24, 2.45) is 0 Å². The van der Waals surface area contributed by atoms with Gasteiger partial charge in [0.05, 0.1) is 0 Å². The van der Waals surface area contributed by atoms with Crippen molar-refractivity contribution in [2.45, 2.75) is 18.1 Å². The molecule has 1 nitrogen and oxygen atoms in total. The van der Waals surface area contributed by atoms with Crippen molar-refractivity contribution in [3.8, 4) is 0 Å². The molecule has 1 heterocycles. The molecule has 2 rings (SSSR count). The van der Waals surface area contributed by atoms with Crippen LogP contribution >= 0.6 is 11.6 Å². The van der Waals surface area contributed by atoms with Crippen molar-refractivity contribution in [3.05, 3.63) is 24.3 Å². The fourth-order valence-corrected chi connectivity index (χ4v) is 2.30. The minimum Gasteiger partial charge on any atom is -0.418 e. The lowest BCUT2D eigenvalue weighted by molar-refractivity contribution is 1.43. The van der Waals surface area contributed by atoms with Gasteiger partial charge in [0.1, 0.15) is 0 Å². The van der Waals surface area contributed by atoms with Crippen molar-refractivity contribution in [1.29, 1.82) is 0 Å². The molecule has 0 radical (unpaired) electrons. The third-order valence-electron chi connectivity index (χ3n) is 1.84. The summed E-state index contributed by atoms with van der Waals surface area (Å²) in [5.74, 6) is 0. The molecule has 3 heteroatoms. The summed E-state index contributed by atoms with van der Waals surface area (Å²) in [5.41, 5.74) is 1.30. The second-order valence-corrected chi connectivity index (χ2v) is 3.90. The summed E-state index contributed by atoms with van der Waals surface area (Å²) < 4.78 is 0. The summed E-state index contributed by atoms with van der Waals surface area (Å²) in [6, 6.07) is 8.47. The van der Waals surface area contributed by atoms with E-state index in [1.54, 1.807) is 0 Å². The van der Waals surface area contributed by atoms with Crippen LogP contribution in [-0.4, -0.2) is 6.13 Å². The van der Waals surface area contributed by atoms with Gasteiger partial charge in [-0.1, -0.05) is 19.1 Å². The normalized spacial score (nSPS) is 14.5. The van der Waals surface area contributed by atoms with Crippen molar-refractivity contribution >= 4 is 23.4 Å². The van der Waals surface area contributed by atoms with Gasteiger partial charge in [-0.2, -0.15) is 0 Å². The highest BCUT2D eigenvalue weighted by atomic mass is 32.2. The minimum atomic E-state index is 0.590. The lowest BCUT2D eigenvalue weighted by Crippen LogP contribution is -2.13. The van der Waals surface area contributed by atoms with Crippen molar-refractivity contribution in [2.75, 3.05) is 5.23 Å². The number of nitrogens with one attached hydrogen (secondary N) is 1. The molecule has 1 aromatic carbocycles. The van der Waals surface area contributed by atoms with E-state index in [0.717, 1.165) is 0 Å². The molecular formula is C8H10BNS. The van der Waals surface area contributed by atoms with Crippen LogP contribution in [0.25, 0.3) is 0 Å². The average molecular weight is 163 g/mol. The SMILES string of the molecule is CCB1Nc2ccccc2S1. The van der Waals surface area contributed by atoms with Gasteiger partial charge in [0.15, 0.2) is 0 Å². The van der Waals surface area contributed by atoms with Gasteiger partial charge in [-0.15, -0.1) is 11.6 Å². The molecule has 0 unspecified atom stereocenters. The lowest BCUT2D eigenvalue weighted by Gasteiger charge is -1.99. The van der Waals surface area contributed by atoms with Crippen LogP contribution in [0.15, 0.2) is 29.2 Å². The van der Waals surface area contributed by atoms with Gasteiger partial charge in [0, 0.05) is 10.6 Å². The first-order valence-electron chi connectivity index (χ1n) is 3.92. The maximum Gasteiger partial charge on any atom is 0.325 e. The zero-order chi connectivity index (χ0) is 7.68. The van der Waals surface area contributed by atoms with Gasteiger partial charge < -0.3 is 5.23 Å². The Morgan fingerprint density at radius 2 is 2.27 bits per heavy atom. The summed E-state index contributed by atoms with van der Waals surface area (Å²) >= 11 is 1.93. The molecule has 0 aliphatic carbocycles.